The molecule has 0 rings (SSSR count). The smallest absolute Gasteiger partial charge is 0.222 e. The Morgan fingerprint density at radius 2 is 0.947 bits per heavy atom. The average molecular weight is 314 g/mol. The number of hydrogen-bond donors (Lipinski definition) is 0. The Hall–Kier alpha value is -0.470. The van der Waals surface area contributed by atoms with Crippen molar-refractivity contribution in [1.82, 2.24) is 0 Å². The number of rotatable bonds is 6. The maximum atomic E-state index is 13.9. The van der Waals surface area contributed by atoms with Crippen molar-refractivity contribution >= 4 is 9.84 Å². The van der Waals surface area contributed by atoms with Gasteiger partial charge in [-0.25, -0.2) is 34.8 Å². The maximum absolute atomic E-state index is 13.9. The van der Waals surface area contributed by atoms with Crippen LogP contribution >= 0.6 is 0 Å². The van der Waals surface area contributed by atoms with Gasteiger partial charge in [-0.2, -0.15) is 0 Å². The molecule has 0 aromatic heterocycles. The summed E-state index contributed by atoms with van der Waals surface area (Å²) in [5, 5.41) is -8.87. The highest BCUT2D eigenvalue weighted by molar-refractivity contribution is 7.93. The first-order chi connectivity index (χ1) is 8.12. The number of hydrogen-bond acceptors (Lipinski definition) is 2. The van der Waals surface area contributed by atoms with E-state index in [2.05, 4.69) is 0 Å². The van der Waals surface area contributed by atoms with E-state index in [4.69, 9.17) is 0 Å². The molecule has 0 aliphatic rings. The van der Waals surface area contributed by atoms with Gasteiger partial charge in [0.1, 0.15) is 0 Å². The van der Waals surface area contributed by atoms with Crippen LogP contribution in [0.2, 0.25) is 0 Å². The lowest BCUT2D eigenvalue weighted by atomic mass is 10.1. The van der Waals surface area contributed by atoms with E-state index in [1.165, 1.54) is 0 Å². The zero-order chi connectivity index (χ0) is 15.9. The molecule has 0 heterocycles. The van der Waals surface area contributed by atoms with E-state index in [1.807, 2.05) is 0 Å². The minimum absolute atomic E-state index is 0.102. The molecule has 0 fully saturated rings. The molecule has 0 spiro atoms. The van der Waals surface area contributed by atoms with Crippen LogP contribution in [0.15, 0.2) is 0 Å². The van der Waals surface area contributed by atoms with Gasteiger partial charge in [-0.05, 0) is 13.8 Å². The second kappa shape index (κ2) is 4.82. The largest absolute Gasteiger partial charge is 0.295 e. The molecule has 2 unspecified atom stereocenters. The molecular weight excluding hydrogens is 298 g/mol. The van der Waals surface area contributed by atoms with Crippen molar-refractivity contribution in [3.63, 3.8) is 0 Å². The monoisotopic (exact) mass is 314 g/mol. The number of halogens is 6. The molecule has 0 bridgehead atoms. The summed E-state index contributed by atoms with van der Waals surface area (Å²) in [4.78, 5) is 0. The van der Waals surface area contributed by atoms with Gasteiger partial charge in [-0.3, -0.25) is 0 Å². The first kappa shape index (κ1) is 18.5. The molecule has 0 aromatic rings. The Balaban J connectivity index is 6.04. The predicted molar refractivity (Wildman–Crippen MR) is 58.4 cm³/mol. The molecule has 0 saturated carbocycles. The fraction of sp³-hybridized carbons (Fsp3) is 1.00. The van der Waals surface area contributed by atoms with E-state index in [-0.39, 0.29) is 13.8 Å². The van der Waals surface area contributed by atoms with Gasteiger partial charge < -0.3 is 0 Å². The maximum Gasteiger partial charge on any atom is 0.295 e. The summed E-state index contributed by atoms with van der Waals surface area (Å²) in [5.41, 5.74) is 0. The van der Waals surface area contributed by atoms with E-state index in [0.29, 0.717) is 0 Å². The van der Waals surface area contributed by atoms with Crippen molar-refractivity contribution in [2.24, 2.45) is 0 Å². The lowest BCUT2D eigenvalue weighted by molar-refractivity contribution is -0.110. The molecule has 0 aliphatic heterocycles. The standard InChI is InChI=1S/C10H16F6O2S/c1-5-9(13,14)7(3,11)19(17,18)8(4,12)10(15,16)6-2/h5-6H2,1-4H3. The number of alkyl halides is 6. The molecule has 0 aliphatic carbocycles. The van der Waals surface area contributed by atoms with E-state index in [9.17, 15) is 34.8 Å². The molecule has 0 saturated heterocycles. The van der Waals surface area contributed by atoms with Crippen LogP contribution in [0.25, 0.3) is 0 Å². The lowest BCUT2D eigenvalue weighted by Crippen LogP contribution is -2.59. The van der Waals surface area contributed by atoms with Gasteiger partial charge in [0.25, 0.3) is 21.8 Å². The fourth-order valence-electron chi connectivity index (χ4n) is 1.38. The summed E-state index contributed by atoms with van der Waals surface area (Å²) in [6.45, 7) is 1.33. The van der Waals surface area contributed by atoms with E-state index in [0.717, 1.165) is 13.8 Å². The van der Waals surface area contributed by atoms with Crippen molar-refractivity contribution in [3.05, 3.63) is 0 Å². The van der Waals surface area contributed by atoms with Crippen LogP contribution in [0.3, 0.4) is 0 Å². The molecule has 0 radical (unpaired) electrons. The molecule has 0 aromatic carbocycles. The average Bonchev–Trinajstić information content (AvgIpc) is 2.27. The topological polar surface area (TPSA) is 34.1 Å². The van der Waals surface area contributed by atoms with Crippen LogP contribution in [0.5, 0.6) is 0 Å². The van der Waals surface area contributed by atoms with Crippen LogP contribution in [0.1, 0.15) is 40.5 Å². The summed E-state index contributed by atoms with van der Waals surface area (Å²) in [7, 11) is -6.11. The first-order valence-electron chi connectivity index (χ1n) is 5.50. The van der Waals surface area contributed by atoms with Crippen LogP contribution < -0.4 is 0 Å². The van der Waals surface area contributed by atoms with Crippen molar-refractivity contribution < 1.29 is 34.8 Å². The molecule has 116 valence electrons. The highest BCUT2D eigenvalue weighted by Gasteiger charge is 2.71. The number of sulfone groups is 1. The fourth-order valence-corrected chi connectivity index (χ4v) is 3.18. The van der Waals surface area contributed by atoms with Crippen LogP contribution in [-0.4, -0.2) is 30.3 Å². The molecule has 0 N–H and O–H groups in total. The van der Waals surface area contributed by atoms with Crippen LogP contribution in [-0.2, 0) is 9.84 Å². The normalized spacial score (nSPS) is 20.7. The third kappa shape index (κ3) is 2.45. The third-order valence-electron chi connectivity index (χ3n) is 3.20. The molecule has 0 amide bonds. The minimum Gasteiger partial charge on any atom is -0.222 e. The van der Waals surface area contributed by atoms with Gasteiger partial charge in [0.15, 0.2) is 0 Å². The summed E-state index contributed by atoms with van der Waals surface area (Å²) >= 11 is 0. The first-order valence-corrected chi connectivity index (χ1v) is 6.98. The van der Waals surface area contributed by atoms with Gasteiger partial charge in [0.05, 0.1) is 0 Å². The second-order valence-electron chi connectivity index (χ2n) is 4.45. The summed E-state index contributed by atoms with van der Waals surface area (Å²) in [6, 6.07) is 0. The Bertz CT molecular complexity index is 393. The molecular formula is C10H16F6O2S. The summed E-state index contributed by atoms with van der Waals surface area (Å²) in [5.74, 6) is -8.97. The van der Waals surface area contributed by atoms with Crippen LogP contribution in [0, 0.1) is 0 Å². The zero-order valence-corrected chi connectivity index (χ0v) is 11.7. The van der Waals surface area contributed by atoms with Crippen LogP contribution in [0.4, 0.5) is 26.3 Å². The van der Waals surface area contributed by atoms with Crippen molar-refractivity contribution in [2.75, 3.05) is 0 Å². The zero-order valence-electron chi connectivity index (χ0n) is 10.9. The minimum atomic E-state index is -6.11. The van der Waals surface area contributed by atoms with Crippen molar-refractivity contribution in [1.29, 1.82) is 0 Å². The van der Waals surface area contributed by atoms with Crippen molar-refractivity contribution in [2.45, 2.75) is 62.4 Å². The Labute approximate surface area is 108 Å². The lowest BCUT2D eigenvalue weighted by Gasteiger charge is -2.37. The van der Waals surface area contributed by atoms with Gasteiger partial charge in [-0.15, -0.1) is 0 Å². The summed E-state index contributed by atoms with van der Waals surface area (Å²) < 4.78 is 104. The van der Waals surface area contributed by atoms with Gasteiger partial charge in [0.2, 0.25) is 9.84 Å². The van der Waals surface area contributed by atoms with Gasteiger partial charge >= 0.3 is 0 Å². The summed E-state index contributed by atoms with van der Waals surface area (Å²) in [6.07, 6.45) is -2.54. The van der Waals surface area contributed by atoms with Crippen molar-refractivity contribution in [3.8, 4) is 0 Å². The molecule has 19 heavy (non-hydrogen) atoms. The van der Waals surface area contributed by atoms with Gasteiger partial charge in [0, 0.05) is 12.8 Å². The third-order valence-corrected chi connectivity index (χ3v) is 5.82. The Kier molecular flexibility index (Phi) is 4.70. The Morgan fingerprint density at radius 3 is 1.11 bits per heavy atom. The van der Waals surface area contributed by atoms with E-state index < -0.39 is 44.5 Å². The van der Waals surface area contributed by atoms with E-state index >= 15 is 0 Å². The molecule has 2 atom stereocenters. The second-order valence-corrected chi connectivity index (χ2v) is 6.99. The SMILES string of the molecule is CCC(F)(F)C(C)(F)S(=O)(=O)C(C)(F)C(F)(F)CC. The quantitative estimate of drug-likeness (QED) is 0.698. The molecule has 2 nitrogen and oxygen atoms in total. The Morgan fingerprint density at radius 1 is 0.737 bits per heavy atom. The van der Waals surface area contributed by atoms with E-state index in [1.54, 1.807) is 0 Å². The predicted octanol–water partition coefficient (Wildman–Crippen LogP) is 3.86. The highest BCUT2D eigenvalue weighted by atomic mass is 32.2. The highest BCUT2D eigenvalue weighted by Crippen LogP contribution is 2.49. The molecule has 9 heteroatoms. The van der Waals surface area contributed by atoms with Gasteiger partial charge in [-0.1, -0.05) is 13.8 Å².